The minimum absolute atomic E-state index is 0.176. The van der Waals surface area contributed by atoms with Gasteiger partial charge in [0, 0.05) is 50.5 Å². The maximum atomic E-state index is 13.8. The van der Waals surface area contributed by atoms with Crippen LogP contribution in [0, 0.1) is 5.41 Å². The lowest BCUT2D eigenvalue weighted by molar-refractivity contribution is -0.200. The van der Waals surface area contributed by atoms with Crippen molar-refractivity contribution < 1.29 is 40.6 Å². The van der Waals surface area contributed by atoms with Crippen LogP contribution in [0.15, 0.2) is 18.2 Å². The second kappa shape index (κ2) is 10.4. The van der Waals surface area contributed by atoms with E-state index in [-0.39, 0.29) is 24.0 Å². The lowest BCUT2D eigenvalue weighted by Crippen LogP contribution is -2.46. The van der Waals surface area contributed by atoms with E-state index in [0.717, 1.165) is 13.3 Å². The number of rotatable bonds is 4. The third-order valence-electron chi connectivity index (χ3n) is 8.07. The predicted molar refractivity (Wildman–Crippen MR) is 129 cm³/mol. The zero-order valence-electron chi connectivity index (χ0n) is 21.9. The Labute approximate surface area is 218 Å². The van der Waals surface area contributed by atoms with Gasteiger partial charge in [-0.2, -0.15) is 26.3 Å². The number of hydrogen-bond donors (Lipinski definition) is 0. The Hall–Kier alpha value is -2.21. The van der Waals surface area contributed by atoms with Gasteiger partial charge in [0.05, 0.1) is 18.8 Å². The van der Waals surface area contributed by atoms with Crippen LogP contribution < -0.4 is 4.90 Å². The molecule has 214 valence electrons. The van der Waals surface area contributed by atoms with Crippen molar-refractivity contribution in [3.63, 3.8) is 0 Å². The number of hydrogen-bond acceptors (Lipinski definition) is 5. The van der Waals surface area contributed by atoms with Crippen LogP contribution in [0.25, 0.3) is 0 Å². The number of ether oxygens (including phenoxy) is 2. The van der Waals surface area contributed by atoms with Crippen molar-refractivity contribution in [1.82, 2.24) is 9.80 Å². The second-order valence-electron chi connectivity index (χ2n) is 11.4. The highest BCUT2D eigenvalue weighted by molar-refractivity contribution is 5.68. The SMILES string of the molecule is CC(OC(=O)N1CCC2(CC1)CN(Cc1cc(N3CCOCC3)cc(C(F)(F)F)c1)C(C)(C)C2)C(F)(F)F. The molecule has 3 aliphatic heterocycles. The molecule has 1 aromatic carbocycles. The van der Waals surface area contributed by atoms with Crippen molar-refractivity contribution in [2.75, 3.05) is 50.8 Å². The monoisotopic (exact) mass is 551 g/mol. The number of likely N-dealkylation sites (tertiary alicyclic amines) is 2. The average molecular weight is 552 g/mol. The Morgan fingerprint density at radius 3 is 2.24 bits per heavy atom. The van der Waals surface area contributed by atoms with Gasteiger partial charge >= 0.3 is 18.4 Å². The first-order chi connectivity index (χ1) is 17.6. The minimum Gasteiger partial charge on any atom is -0.437 e. The molecule has 0 radical (unpaired) electrons. The van der Waals surface area contributed by atoms with Crippen molar-refractivity contribution >= 4 is 11.8 Å². The van der Waals surface area contributed by atoms with E-state index >= 15 is 0 Å². The van der Waals surface area contributed by atoms with Gasteiger partial charge in [-0.15, -0.1) is 0 Å². The van der Waals surface area contributed by atoms with Crippen LogP contribution in [0.2, 0.25) is 0 Å². The first kappa shape index (κ1) is 28.8. The molecule has 3 saturated heterocycles. The van der Waals surface area contributed by atoms with E-state index in [9.17, 15) is 31.1 Å². The number of alkyl halides is 6. The lowest BCUT2D eigenvalue weighted by Gasteiger charge is -2.39. The summed E-state index contributed by atoms with van der Waals surface area (Å²) in [7, 11) is 0. The molecule has 1 atom stereocenters. The first-order valence-corrected chi connectivity index (χ1v) is 12.9. The van der Waals surface area contributed by atoms with Gasteiger partial charge in [0.2, 0.25) is 0 Å². The molecule has 3 heterocycles. The Morgan fingerprint density at radius 1 is 1.03 bits per heavy atom. The summed E-state index contributed by atoms with van der Waals surface area (Å²) < 4.78 is 89.5. The number of carbonyl (C=O) groups excluding carboxylic acids is 1. The molecule has 0 aromatic heterocycles. The number of piperidine rings is 1. The molecule has 0 saturated carbocycles. The van der Waals surface area contributed by atoms with Gasteiger partial charge in [0.1, 0.15) is 0 Å². The molecule has 0 N–H and O–H groups in total. The fraction of sp³-hybridized carbons (Fsp3) is 0.731. The smallest absolute Gasteiger partial charge is 0.425 e. The molecule has 1 spiro atoms. The second-order valence-corrected chi connectivity index (χ2v) is 11.4. The number of carbonyl (C=O) groups is 1. The Bertz CT molecular complexity index is 999. The topological polar surface area (TPSA) is 45.2 Å². The maximum absolute atomic E-state index is 13.8. The standard InChI is InChI=1S/C26H35F6N3O3/c1-18(25(27,28)29)38-22(36)34-6-4-24(5-7-34)16-23(2,3)35(17-24)15-19-12-20(26(30,31)32)14-21(13-19)33-8-10-37-11-9-33/h12-14,18H,4-11,15-17H2,1-3H3. The molecule has 3 aliphatic rings. The number of anilines is 1. The number of nitrogens with zero attached hydrogens (tertiary/aromatic N) is 3. The number of morpholine rings is 1. The summed E-state index contributed by atoms with van der Waals surface area (Å²) in [6.07, 6.45) is -10.3. The van der Waals surface area contributed by atoms with Crippen molar-refractivity contribution in [3.8, 4) is 0 Å². The van der Waals surface area contributed by atoms with Gasteiger partial charge < -0.3 is 19.3 Å². The zero-order valence-corrected chi connectivity index (χ0v) is 21.9. The van der Waals surface area contributed by atoms with Crippen molar-refractivity contribution in [1.29, 1.82) is 0 Å². The van der Waals surface area contributed by atoms with E-state index in [1.807, 2.05) is 11.0 Å². The van der Waals surface area contributed by atoms with Crippen LogP contribution in [0.4, 0.5) is 36.8 Å². The average Bonchev–Trinajstić information content (AvgIpc) is 3.07. The van der Waals surface area contributed by atoms with E-state index in [0.29, 0.717) is 63.5 Å². The normalized spacial score (nSPS) is 23.1. The van der Waals surface area contributed by atoms with Crippen LogP contribution >= 0.6 is 0 Å². The highest BCUT2D eigenvalue weighted by atomic mass is 19.4. The third-order valence-corrected chi connectivity index (χ3v) is 8.07. The summed E-state index contributed by atoms with van der Waals surface area (Å²) in [5.41, 5.74) is -0.0488. The van der Waals surface area contributed by atoms with Crippen LogP contribution in [-0.4, -0.2) is 79.6 Å². The molecule has 6 nitrogen and oxygen atoms in total. The Morgan fingerprint density at radius 2 is 1.66 bits per heavy atom. The molecular formula is C26H35F6N3O3. The van der Waals surface area contributed by atoms with Gasteiger partial charge in [-0.25, -0.2) is 4.79 Å². The van der Waals surface area contributed by atoms with Crippen LogP contribution in [0.3, 0.4) is 0 Å². The quantitative estimate of drug-likeness (QED) is 0.450. The molecule has 0 bridgehead atoms. The van der Waals surface area contributed by atoms with Gasteiger partial charge in [-0.3, -0.25) is 4.90 Å². The largest absolute Gasteiger partial charge is 0.437 e. The van der Waals surface area contributed by atoms with Gasteiger partial charge in [0.15, 0.2) is 6.10 Å². The van der Waals surface area contributed by atoms with Crippen LogP contribution in [0.1, 0.15) is 51.2 Å². The lowest BCUT2D eigenvalue weighted by atomic mass is 9.74. The highest BCUT2D eigenvalue weighted by Gasteiger charge is 2.50. The van der Waals surface area contributed by atoms with Crippen molar-refractivity contribution in [2.45, 2.75) is 70.6 Å². The van der Waals surface area contributed by atoms with E-state index in [2.05, 4.69) is 23.5 Å². The number of benzene rings is 1. The Kier molecular flexibility index (Phi) is 7.88. The van der Waals surface area contributed by atoms with E-state index in [1.54, 1.807) is 0 Å². The van der Waals surface area contributed by atoms with Crippen LogP contribution in [0.5, 0.6) is 0 Å². The molecule has 38 heavy (non-hydrogen) atoms. The van der Waals surface area contributed by atoms with Crippen molar-refractivity contribution in [2.24, 2.45) is 5.41 Å². The van der Waals surface area contributed by atoms with Crippen molar-refractivity contribution in [3.05, 3.63) is 29.3 Å². The van der Waals surface area contributed by atoms with E-state index < -0.39 is 30.1 Å². The number of halogens is 6. The summed E-state index contributed by atoms with van der Waals surface area (Å²) in [5.74, 6) is 0. The molecule has 1 unspecified atom stereocenters. The van der Waals surface area contributed by atoms with Crippen LogP contribution in [-0.2, 0) is 22.2 Å². The van der Waals surface area contributed by atoms with E-state index in [4.69, 9.17) is 4.74 Å². The summed E-state index contributed by atoms with van der Waals surface area (Å²) >= 11 is 0. The van der Waals surface area contributed by atoms with E-state index in [1.165, 1.54) is 17.0 Å². The molecule has 1 aromatic rings. The Balaban J connectivity index is 1.45. The molecule has 3 fully saturated rings. The zero-order chi connectivity index (χ0) is 27.9. The maximum Gasteiger partial charge on any atom is 0.425 e. The predicted octanol–water partition coefficient (Wildman–Crippen LogP) is 5.70. The number of amides is 1. The molecule has 12 heteroatoms. The molecule has 0 aliphatic carbocycles. The first-order valence-electron chi connectivity index (χ1n) is 12.9. The molecular weight excluding hydrogens is 516 g/mol. The third kappa shape index (κ3) is 6.50. The van der Waals surface area contributed by atoms with Gasteiger partial charge in [-0.1, -0.05) is 0 Å². The molecule has 1 amide bonds. The highest BCUT2D eigenvalue weighted by Crippen LogP contribution is 2.49. The summed E-state index contributed by atoms with van der Waals surface area (Å²) in [4.78, 5) is 17.7. The van der Waals surface area contributed by atoms with Gasteiger partial charge in [-0.05, 0) is 69.2 Å². The summed E-state index contributed by atoms with van der Waals surface area (Å²) in [6, 6.07) is 4.23. The fourth-order valence-electron chi connectivity index (χ4n) is 5.92. The summed E-state index contributed by atoms with van der Waals surface area (Å²) in [5, 5.41) is 0. The summed E-state index contributed by atoms with van der Waals surface area (Å²) in [6.45, 7) is 8.43. The van der Waals surface area contributed by atoms with Gasteiger partial charge in [0.25, 0.3) is 0 Å². The fourth-order valence-corrected chi connectivity index (χ4v) is 5.92. The molecule has 4 rings (SSSR count). The minimum atomic E-state index is -4.62.